The molecule has 0 bridgehead atoms. The molecule has 30 heavy (non-hydrogen) atoms. The summed E-state index contributed by atoms with van der Waals surface area (Å²) in [5.74, 6) is -1.23. The standard InChI is InChI=1S/C23H19N3O4/c1-2-26-22(28)18-12-6-5-11-17(18)21(25-26)23(29)30-14-20(27)24-19-13-7-9-15-8-3-4-10-16(15)19/h3-13H,2,14H2,1H3,(H,24,27). The first kappa shape index (κ1) is 19.3. The number of carbonyl (C=O) groups excluding carboxylic acids is 2. The van der Waals surface area contributed by atoms with Crippen molar-refractivity contribution in [1.29, 1.82) is 0 Å². The predicted octanol–water partition coefficient (Wildman–Crippen LogP) is 3.37. The second kappa shape index (κ2) is 8.16. The molecule has 4 aromatic rings. The lowest BCUT2D eigenvalue weighted by Crippen LogP contribution is -2.27. The van der Waals surface area contributed by atoms with Crippen molar-refractivity contribution in [2.45, 2.75) is 13.5 Å². The minimum atomic E-state index is -0.763. The second-order valence-corrected chi connectivity index (χ2v) is 6.67. The number of nitrogens with one attached hydrogen (secondary N) is 1. The minimum absolute atomic E-state index is 0.00464. The number of aromatic nitrogens is 2. The summed E-state index contributed by atoms with van der Waals surface area (Å²) in [4.78, 5) is 37.4. The zero-order valence-corrected chi connectivity index (χ0v) is 16.3. The summed E-state index contributed by atoms with van der Waals surface area (Å²) in [7, 11) is 0. The maximum Gasteiger partial charge on any atom is 0.359 e. The van der Waals surface area contributed by atoms with E-state index in [1.165, 1.54) is 4.68 Å². The van der Waals surface area contributed by atoms with Crippen molar-refractivity contribution in [2.75, 3.05) is 11.9 Å². The molecule has 0 saturated heterocycles. The van der Waals surface area contributed by atoms with E-state index in [1.54, 1.807) is 37.3 Å². The van der Waals surface area contributed by atoms with Gasteiger partial charge >= 0.3 is 5.97 Å². The number of carbonyl (C=O) groups is 2. The van der Waals surface area contributed by atoms with Gasteiger partial charge in [0, 0.05) is 23.0 Å². The van der Waals surface area contributed by atoms with Crippen LogP contribution in [0.3, 0.4) is 0 Å². The van der Waals surface area contributed by atoms with E-state index in [0.29, 0.717) is 23.0 Å². The van der Waals surface area contributed by atoms with E-state index in [0.717, 1.165) is 10.8 Å². The molecule has 7 nitrogen and oxygen atoms in total. The molecule has 4 rings (SSSR count). The maximum atomic E-state index is 12.6. The molecule has 0 radical (unpaired) electrons. The molecule has 0 aliphatic heterocycles. The van der Waals surface area contributed by atoms with Crippen LogP contribution in [0, 0.1) is 0 Å². The zero-order valence-electron chi connectivity index (χ0n) is 16.3. The number of esters is 1. The van der Waals surface area contributed by atoms with Gasteiger partial charge in [-0.1, -0.05) is 54.6 Å². The van der Waals surface area contributed by atoms with Crippen molar-refractivity contribution < 1.29 is 14.3 Å². The van der Waals surface area contributed by atoms with Crippen LogP contribution in [0.1, 0.15) is 17.4 Å². The van der Waals surface area contributed by atoms with Gasteiger partial charge in [-0.2, -0.15) is 5.10 Å². The molecule has 1 aromatic heterocycles. The molecule has 0 saturated carbocycles. The predicted molar refractivity (Wildman–Crippen MR) is 115 cm³/mol. The molecular weight excluding hydrogens is 382 g/mol. The number of hydrogen-bond acceptors (Lipinski definition) is 5. The quantitative estimate of drug-likeness (QED) is 0.518. The monoisotopic (exact) mass is 401 g/mol. The van der Waals surface area contributed by atoms with Gasteiger partial charge in [0.05, 0.1) is 5.39 Å². The number of amides is 1. The third-order valence-electron chi connectivity index (χ3n) is 4.76. The van der Waals surface area contributed by atoms with Gasteiger partial charge < -0.3 is 10.1 Å². The number of benzene rings is 3. The average molecular weight is 401 g/mol. The number of hydrogen-bond donors (Lipinski definition) is 1. The molecule has 1 N–H and O–H groups in total. The summed E-state index contributed by atoms with van der Waals surface area (Å²) in [5.41, 5.74) is 0.362. The van der Waals surface area contributed by atoms with Gasteiger partial charge in [-0.3, -0.25) is 9.59 Å². The van der Waals surface area contributed by atoms with E-state index in [1.807, 2.05) is 36.4 Å². The van der Waals surface area contributed by atoms with Gasteiger partial charge in [0.15, 0.2) is 12.3 Å². The summed E-state index contributed by atoms with van der Waals surface area (Å²) in [6, 6.07) is 19.9. The van der Waals surface area contributed by atoms with Crippen molar-refractivity contribution in [3.63, 3.8) is 0 Å². The van der Waals surface area contributed by atoms with Crippen LogP contribution in [-0.4, -0.2) is 28.3 Å². The summed E-state index contributed by atoms with van der Waals surface area (Å²) < 4.78 is 6.40. The SMILES string of the molecule is CCn1nc(C(=O)OCC(=O)Nc2cccc3ccccc23)c2ccccc2c1=O. The van der Waals surface area contributed by atoms with Gasteiger partial charge in [-0.05, 0) is 24.4 Å². The Morgan fingerprint density at radius 3 is 2.37 bits per heavy atom. The first-order valence-electron chi connectivity index (χ1n) is 9.53. The number of ether oxygens (including phenoxy) is 1. The molecule has 0 spiro atoms. The first-order chi connectivity index (χ1) is 14.6. The Morgan fingerprint density at radius 1 is 0.933 bits per heavy atom. The number of fused-ring (bicyclic) bond motifs is 2. The highest BCUT2D eigenvalue weighted by Crippen LogP contribution is 2.23. The van der Waals surface area contributed by atoms with Crippen molar-refractivity contribution in [2.24, 2.45) is 0 Å². The Labute approximate surface area is 171 Å². The third kappa shape index (κ3) is 3.65. The molecule has 3 aromatic carbocycles. The number of aryl methyl sites for hydroxylation is 1. The Hall–Kier alpha value is -4.00. The summed E-state index contributed by atoms with van der Waals surface area (Å²) >= 11 is 0. The molecular formula is C23H19N3O4. The highest BCUT2D eigenvalue weighted by atomic mass is 16.5. The van der Waals surface area contributed by atoms with Gasteiger partial charge in [0.1, 0.15) is 0 Å². The van der Waals surface area contributed by atoms with Crippen LogP contribution in [0.2, 0.25) is 0 Å². The molecule has 0 unspecified atom stereocenters. The van der Waals surface area contributed by atoms with Crippen LogP contribution in [-0.2, 0) is 16.1 Å². The number of anilines is 1. The van der Waals surface area contributed by atoms with Crippen molar-refractivity contribution >= 4 is 39.1 Å². The van der Waals surface area contributed by atoms with Gasteiger partial charge in [0.2, 0.25) is 0 Å². The van der Waals surface area contributed by atoms with E-state index in [4.69, 9.17) is 4.74 Å². The summed E-state index contributed by atoms with van der Waals surface area (Å²) in [6.07, 6.45) is 0. The summed E-state index contributed by atoms with van der Waals surface area (Å²) in [5, 5.41) is 9.54. The van der Waals surface area contributed by atoms with Crippen LogP contribution in [0.5, 0.6) is 0 Å². The average Bonchev–Trinajstić information content (AvgIpc) is 2.78. The minimum Gasteiger partial charge on any atom is -0.451 e. The fraction of sp³-hybridized carbons (Fsp3) is 0.130. The van der Waals surface area contributed by atoms with Crippen LogP contribution in [0.25, 0.3) is 21.5 Å². The molecule has 0 atom stereocenters. The third-order valence-corrected chi connectivity index (χ3v) is 4.76. The topological polar surface area (TPSA) is 90.3 Å². The maximum absolute atomic E-state index is 12.6. The molecule has 7 heteroatoms. The molecule has 0 fully saturated rings. The van der Waals surface area contributed by atoms with Crippen molar-refractivity contribution in [3.05, 3.63) is 82.8 Å². The lowest BCUT2D eigenvalue weighted by Gasteiger charge is -2.11. The highest BCUT2D eigenvalue weighted by Gasteiger charge is 2.18. The Morgan fingerprint density at radius 2 is 1.60 bits per heavy atom. The van der Waals surface area contributed by atoms with Gasteiger partial charge in [-0.25, -0.2) is 9.48 Å². The fourth-order valence-electron chi connectivity index (χ4n) is 3.32. The van der Waals surface area contributed by atoms with E-state index in [9.17, 15) is 14.4 Å². The van der Waals surface area contributed by atoms with Crippen LogP contribution in [0.4, 0.5) is 5.69 Å². The van der Waals surface area contributed by atoms with Crippen molar-refractivity contribution in [1.82, 2.24) is 9.78 Å². The van der Waals surface area contributed by atoms with Gasteiger partial charge in [0.25, 0.3) is 11.5 Å². The van der Waals surface area contributed by atoms with E-state index >= 15 is 0 Å². The van der Waals surface area contributed by atoms with Crippen LogP contribution < -0.4 is 10.9 Å². The zero-order chi connectivity index (χ0) is 21.1. The lowest BCUT2D eigenvalue weighted by atomic mass is 10.1. The highest BCUT2D eigenvalue weighted by molar-refractivity contribution is 6.05. The fourth-order valence-corrected chi connectivity index (χ4v) is 3.32. The largest absolute Gasteiger partial charge is 0.451 e. The Kier molecular flexibility index (Phi) is 5.26. The number of nitrogens with zero attached hydrogens (tertiary/aromatic N) is 2. The number of rotatable bonds is 5. The van der Waals surface area contributed by atoms with Crippen LogP contribution in [0.15, 0.2) is 71.5 Å². The van der Waals surface area contributed by atoms with E-state index in [2.05, 4.69) is 10.4 Å². The lowest BCUT2D eigenvalue weighted by molar-refractivity contribution is -0.119. The Bertz CT molecular complexity index is 1320. The molecule has 0 aliphatic carbocycles. The Balaban J connectivity index is 1.53. The molecule has 1 heterocycles. The molecule has 150 valence electrons. The van der Waals surface area contributed by atoms with E-state index in [-0.39, 0.29) is 11.3 Å². The second-order valence-electron chi connectivity index (χ2n) is 6.67. The van der Waals surface area contributed by atoms with Crippen molar-refractivity contribution in [3.8, 4) is 0 Å². The summed E-state index contributed by atoms with van der Waals surface area (Å²) in [6.45, 7) is 1.60. The van der Waals surface area contributed by atoms with Crippen LogP contribution >= 0.6 is 0 Å². The van der Waals surface area contributed by atoms with Gasteiger partial charge in [-0.15, -0.1) is 0 Å². The molecule has 0 aliphatic rings. The first-order valence-corrected chi connectivity index (χ1v) is 9.53. The van der Waals surface area contributed by atoms with E-state index < -0.39 is 18.5 Å². The smallest absolute Gasteiger partial charge is 0.359 e. The molecule has 1 amide bonds. The normalized spacial score (nSPS) is 10.8.